The Bertz CT molecular complexity index is 467. The first kappa shape index (κ1) is 20.2. The zero-order valence-corrected chi connectivity index (χ0v) is 16.6. The van der Waals surface area contributed by atoms with Crippen LogP contribution in [0, 0.1) is 5.92 Å². The standard InChI is InChI=1S/C21H36N2O2/c1-17(2)21(19-5-7-20(8-6-19)25-18(3)4)9-10-22-11-12-23-13-15-24-16-14-23/h5-8,17-18,21-22H,9-16H2,1-4H3/p+2/t21-/m1/s1. The molecule has 1 heterocycles. The molecule has 1 saturated heterocycles. The van der Waals surface area contributed by atoms with E-state index in [0.29, 0.717) is 11.8 Å². The highest BCUT2D eigenvalue weighted by Gasteiger charge is 2.17. The van der Waals surface area contributed by atoms with Crippen molar-refractivity contribution in [3.8, 4) is 5.75 Å². The lowest BCUT2D eigenvalue weighted by Crippen LogP contribution is -3.16. The van der Waals surface area contributed by atoms with Crippen LogP contribution in [0.2, 0.25) is 0 Å². The minimum Gasteiger partial charge on any atom is -0.491 e. The smallest absolute Gasteiger partial charge is 0.127 e. The molecule has 142 valence electrons. The van der Waals surface area contributed by atoms with Gasteiger partial charge in [-0.15, -0.1) is 0 Å². The van der Waals surface area contributed by atoms with Gasteiger partial charge in [-0.3, -0.25) is 0 Å². The van der Waals surface area contributed by atoms with E-state index < -0.39 is 0 Å². The molecule has 0 aromatic heterocycles. The molecule has 0 aliphatic carbocycles. The molecule has 4 nitrogen and oxygen atoms in total. The van der Waals surface area contributed by atoms with Crippen molar-refractivity contribution in [2.45, 2.75) is 46.1 Å². The molecule has 1 aliphatic rings. The van der Waals surface area contributed by atoms with E-state index in [1.54, 1.807) is 4.90 Å². The fraction of sp³-hybridized carbons (Fsp3) is 0.714. The number of rotatable bonds is 10. The predicted molar refractivity (Wildman–Crippen MR) is 102 cm³/mol. The Morgan fingerprint density at radius 2 is 1.72 bits per heavy atom. The molecule has 0 radical (unpaired) electrons. The number of benzene rings is 1. The van der Waals surface area contributed by atoms with Crippen molar-refractivity contribution in [2.75, 3.05) is 45.9 Å². The molecule has 0 bridgehead atoms. The molecule has 1 atom stereocenters. The summed E-state index contributed by atoms with van der Waals surface area (Å²) < 4.78 is 11.2. The van der Waals surface area contributed by atoms with Gasteiger partial charge in [-0.1, -0.05) is 26.0 Å². The van der Waals surface area contributed by atoms with Gasteiger partial charge in [0.25, 0.3) is 0 Å². The lowest BCUT2D eigenvalue weighted by molar-refractivity contribution is -0.919. The Morgan fingerprint density at radius 1 is 1.04 bits per heavy atom. The Labute approximate surface area is 153 Å². The molecule has 25 heavy (non-hydrogen) atoms. The SMILES string of the molecule is CC(C)Oc1ccc([C@H](CC[NH2+]CC[NH+]2CCOCC2)C(C)C)cc1. The van der Waals surface area contributed by atoms with Crippen LogP contribution in [0.3, 0.4) is 0 Å². The molecule has 0 saturated carbocycles. The molecule has 0 unspecified atom stereocenters. The summed E-state index contributed by atoms with van der Waals surface area (Å²) in [5.74, 6) is 2.26. The van der Waals surface area contributed by atoms with E-state index in [1.165, 1.54) is 44.7 Å². The number of hydrogen-bond donors (Lipinski definition) is 2. The maximum atomic E-state index is 5.76. The average Bonchev–Trinajstić information content (AvgIpc) is 2.59. The van der Waals surface area contributed by atoms with Crippen molar-refractivity contribution in [1.29, 1.82) is 0 Å². The summed E-state index contributed by atoms with van der Waals surface area (Å²) in [7, 11) is 0. The fourth-order valence-electron chi connectivity index (χ4n) is 3.61. The van der Waals surface area contributed by atoms with Gasteiger partial charge < -0.3 is 19.7 Å². The Morgan fingerprint density at radius 3 is 2.32 bits per heavy atom. The largest absolute Gasteiger partial charge is 0.491 e. The second-order valence-electron chi connectivity index (χ2n) is 7.85. The van der Waals surface area contributed by atoms with Crippen LogP contribution in [0.1, 0.15) is 45.6 Å². The van der Waals surface area contributed by atoms with Gasteiger partial charge in [0.05, 0.1) is 25.9 Å². The second-order valence-corrected chi connectivity index (χ2v) is 7.85. The third kappa shape index (κ3) is 7.35. The van der Waals surface area contributed by atoms with E-state index in [-0.39, 0.29) is 6.10 Å². The number of ether oxygens (including phenoxy) is 2. The topological polar surface area (TPSA) is 39.5 Å². The maximum absolute atomic E-state index is 5.76. The lowest BCUT2D eigenvalue weighted by atomic mass is 9.86. The highest BCUT2D eigenvalue weighted by atomic mass is 16.5. The third-order valence-corrected chi connectivity index (χ3v) is 5.07. The van der Waals surface area contributed by atoms with Crippen LogP contribution in [-0.4, -0.2) is 52.0 Å². The first-order chi connectivity index (χ1) is 12.1. The summed E-state index contributed by atoms with van der Waals surface area (Å²) >= 11 is 0. The summed E-state index contributed by atoms with van der Waals surface area (Å²) in [6.45, 7) is 16.7. The minimum absolute atomic E-state index is 0.231. The summed E-state index contributed by atoms with van der Waals surface area (Å²) in [4.78, 5) is 1.70. The average molecular weight is 351 g/mol. The fourth-order valence-corrected chi connectivity index (χ4v) is 3.61. The van der Waals surface area contributed by atoms with Crippen molar-refractivity contribution in [2.24, 2.45) is 5.92 Å². The quantitative estimate of drug-likeness (QED) is 0.620. The Hall–Kier alpha value is -1.10. The third-order valence-electron chi connectivity index (χ3n) is 5.07. The van der Waals surface area contributed by atoms with E-state index in [4.69, 9.17) is 9.47 Å². The minimum atomic E-state index is 0.231. The van der Waals surface area contributed by atoms with Crippen molar-refractivity contribution in [1.82, 2.24) is 0 Å². The highest BCUT2D eigenvalue weighted by molar-refractivity contribution is 5.29. The zero-order valence-electron chi connectivity index (χ0n) is 16.6. The number of nitrogens with one attached hydrogen (secondary N) is 1. The number of hydrogen-bond acceptors (Lipinski definition) is 2. The van der Waals surface area contributed by atoms with Crippen LogP contribution < -0.4 is 15.0 Å². The van der Waals surface area contributed by atoms with Gasteiger partial charge in [-0.25, -0.2) is 0 Å². The Balaban J connectivity index is 1.74. The van der Waals surface area contributed by atoms with Crippen LogP contribution in [0.4, 0.5) is 0 Å². The van der Waals surface area contributed by atoms with Gasteiger partial charge in [0.2, 0.25) is 0 Å². The number of quaternary nitrogens is 2. The van der Waals surface area contributed by atoms with Crippen molar-refractivity contribution in [3.05, 3.63) is 29.8 Å². The molecule has 1 aromatic carbocycles. The molecule has 2 rings (SSSR count). The van der Waals surface area contributed by atoms with Gasteiger partial charge in [0, 0.05) is 6.42 Å². The van der Waals surface area contributed by atoms with E-state index in [0.717, 1.165) is 19.0 Å². The monoisotopic (exact) mass is 350 g/mol. The summed E-state index contributed by atoms with van der Waals surface area (Å²) in [5.41, 5.74) is 1.44. The first-order valence-corrected chi connectivity index (χ1v) is 10.1. The predicted octanol–water partition coefficient (Wildman–Crippen LogP) is 1.08. The zero-order chi connectivity index (χ0) is 18.1. The van der Waals surface area contributed by atoms with Crippen LogP contribution in [-0.2, 0) is 4.74 Å². The van der Waals surface area contributed by atoms with E-state index >= 15 is 0 Å². The van der Waals surface area contributed by atoms with Gasteiger partial charge in [-0.05, 0) is 43.4 Å². The van der Waals surface area contributed by atoms with Crippen molar-refractivity contribution >= 4 is 0 Å². The number of nitrogens with two attached hydrogens (primary N) is 1. The summed E-state index contributed by atoms with van der Waals surface area (Å²) in [6.07, 6.45) is 1.47. The number of morpholine rings is 1. The lowest BCUT2D eigenvalue weighted by Gasteiger charge is -2.23. The molecule has 1 aromatic rings. The van der Waals surface area contributed by atoms with Gasteiger partial charge >= 0.3 is 0 Å². The molecule has 0 spiro atoms. The van der Waals surface area contributed by atoms with Crippen LogP contribution in [0.15, 0.2) is 24.3 Å². The first-order valence-electron chi connectivity index (χ1n) is 10.1. The molecule has 4 heteroatoms. The molecule has 3 N–H and O–H groups in total. The van der Waals surface area contributed by atoms with E-state index in [9.17, 15) is 0 Å². The van der Waals surface area contributed by atoms with Crippen LogP contribution in [0.25, 0.3) is 0 Å². The van der Waals surface area contributed by atoms with E-state index in [2.05, 4.69) is 57.3 Å². The highest BCUT2D eigenvalue weighted by Crippen LogP contribution is 2.28. The molecular formula is C21H38N2O2+2. The molecular weight excluding hydrogens is 312 g/mol. The van der Waals surface area contributed by atoms with Gasteiger partial charge in [0.1, 0.15) is 31.9 Å². The van der Waals surface area contributed by atoms with Crippen LogP contribution >= 0.6 is 0 Å². The molecule has 1 fully saturated rings. The molecule has 0 amide bonds. The van der Waals surface area contributed by atoms with E-state index in [1.807, 2.05) is 0 Å². The van der Waals surface area contributed by atoms with Crippen molar-refractivity contribution in [3.63, 3.8) is 0 Å². The summed E-state index contributed by atoms with van der Waals surface area (Å²) in [6, 6.07) is 8.74. The second kappa shape index (κ2) is 10.8. The maximum Gasteiger partial charge on any atom is 0.127 e. The Kier molecular flexibility index (Phi) is 8.73. The normalized spacial score (nSPS) is 17.2. The van der Waals surface area contributed by atoms with Crippen LogP contribution in [0.5, 0.6) is 5.75 Å². The van der Waals surface area contributed by atoms with Gasteiger partial charge in [0.15, 0.2) is 0 Å². The van der Waals surface area contributed by atoms with Crippen molar-refractivity contribution < 1.29 is 19.7 Å². The van der Waals surface area contributed by atoms with Gasteiger partial charge in [-0.2, -0.15) is 0 Å². The summed E-state index contributed by atoms with van der Waals surface area (Å²) in [5, 5.41) is 2.49. The molecule has 1 aliphatic heterocycles.